The summed E-state index contributed by atoms with van der Waals surface area (Å²) in [6.45, 7) is -1.22. The Labute approximate surface area is 136 Å². The van der Waals surface area contributed by atoms with Crippen molar-refractivity contribution in [2.45, 2.75) is 30.1 Å². The van der Waals surface area contributed by atoms with Gasteiger partial charge in [-0.05, 0) is 31.0 Å². The Kier molecular flexibility index (Phi) is 5.38. The minimum absolute atomic E-state index is 0.214. The third-order valence-electron chi connectivity index (χ3n) is 3.74. The summed E-state index contributed by atoms with van der Waals surface area (Å²) in [5.74, 6) is -6.80. The van der Waals surface area contributed by atoms with Gasteiger partial charge in [-0.1, -0.05) is 0 Å². The number of halogens is 3. The van der Waals surface area contributed by atoms with E-state index in [4.69, 9.17) is 5.11 Å². The van der Waals surface area contributed by atoms with Gasteiger partial charge < -0.3 is 9.84 Å². The van der Waals surface area contributed by atoms with Gasteiger partial charge in [0.2, 0.25) is 10.0 Å². The summed E-state index contributed by atoms with van der Waals surface area (Å²) in [5.41, 5.74) is 0. The Hall–Kier alpha value is -1.81. The molecule has 10 heteroatoms. The van der Waals surface area contributed by atoms with Crippen LogP contribution in [0.2, 0.25) is 0 Å². The highest BCUT2D eigenvalue weighted by Crippen LogP contribution is 2.40. The van der Waals surface area contributed by atoms with E-state index in [0.717, 1.165) is 12.1 Å². The zero-order valence-electron chi connectivity index (χ0n) is 12.5. The number of carbonyl (C=O) groups is 1. The highest BCUT2D eigenvalue weighted by Gasteiger charge is 2.43. The third-order valence-corrected chi connectivity index (χ3v) is 5.17. The lowest BCUT2D eigenvalue weighted by Gasteiger charge is -2.19. The predicted octanol–water partition coefficient (Wildman–Crippen LogP) is 2.00. The number of benzene rings is 1. The molecule has 1 aliphatic carbocycles. The fourth-order valence-corrected chi connectivity index (χ4v) is 3.54. The van der Waals surface area contributed by atoms with Crippen LogP contribution >= 0.6 is 0 Å². The van der Waals surface area contributed by atoms with Crippen molar-refractivity contribution in [2.24, 2.45) is 5.92 Å². The number of alkyl halides is 2. The molecule has 0 amide bonds. The number of aliphatic carboxylic acids is 1. The summed E-state index contributed by atoms with van der Waals surface area (Å²) < 4.78 is 71.6. The number of hydrogen-bond donors (Lipinski definition) is 2. The van der Waals surface area contributed by atoms with Crippen LogP contribution < -0.4 is 9.46 Å². The molecule has 1 atom stereocenters. The lowest BCUT2D eigenvalue weighted by molar-refractivity contribution is -0.139. The van der Waals surface area contributed by atoms with Gasteiger partial charge in [0.05, 0.1) is 4.90 Å². The van der Waals surface area contributed by atoms with Crippen LogP contribution in [0.1, 0.15) is 19.3 Å². The first-order valence-electron chi connectivity index (χ1n) is 7.13. The van der Waals surface area contributed by atoms with E-state index in [2.05, 4.69) is 9.46 Å². The highest BCUT2D eigenvalue weighted by atomic mass is 32.2. The van der Waals surface area contributed by atoms with Gasteiger partial charge in [0.1, 0.15) is 0 Å². The molecule has 24 heavy (non-hydrogen) atoms. The predicted molar refractivity (Wildman–Crippen MR) is 77.0 cm³/mol. The van der Waals surface area contributed by atoms with Crippen LogP contribution in [0, 0.1) is 11.7 Å². The molecule has 1 aromatic carbocycles. The van der Waals surface area contributed by atoms with Gasteiger partial charge in [-0.3, -0.25) is 0 Å². The smallest absolute Gasteiger partial charge is 0.341 e. The topological polar surface area (TPSA) is 92.7 Å². The Morgan fingerprint density at radius 3 is 2.67 bits per heavy atom. The van der Waals surface area contributed by atoms with Crippen LogP contribution in [0.3, 0.4) is 0 Å². The van der Waals surface area contributed by atoms with Gasteiger partial charge in [-0.25, -0.2) is 31.1 Å². The average Bonchev–Trinajstić information content (AvgIpc) is 2.82. The molecule has 0 bridgehead atoms. The SMILES string of the molecule is O=C(O)COc1ccc(S(=O)(=O)NCC2CCCC2(F)F)cc1F. The van der Waals surface area contributed by atoms with Gasteiger partial charge in [-0.15, -0.1) is 0 Å². The average molecular weight is 367 g/mol. The van der Waals surface area contributed by atoms with Crippen LogP contribution in [-0.4, -0.2) is 38.6 Å². The lowest BCUT2D eigenvalue weighted by atomic mass is 10.1. The van der Waals surface area contributed by atoms with Crippen molar-refractivity contribution in [2.75, 3.05) is 13.2 Å². The van der Waals surface area contributed by atoms with Crippen molar-refractivity contribution in [3.63, 3.8) is 0 Å². The van der Waals surface area contributed by atoms with E-state index in [1.54, 1.807) is 0 Å². The molecular weight excluding hydrogens is 351 g/mol. The maximum absolute atomic E-state index is 13.8. The van der Waals surface area contributed by atoms with Crippen LogP contribution in [-0.2, 0) is 14.8 Å². The zero-order valence-corrected chi connectivity index (χ0v) is 13.3. The highest BCUT2D eigenvalue weighted by molar-refractivity contribution is 7.89. The van der Waals surface area contributed by atoms with E-state index in [9.17, 15) is 26.4 Å². The minimum Gasteiger partial charge on any atom is -0.479 e. The van der Waals surface area contributed by atoms with E-state index < -0.39 is 57.4 Å². The Morgan fingerprint density at radius 2 is 2.12 bits per heavy atom. The van der Waals surface area contributed by atoms with Crippen LogP contribution in [0.5, 0.6) is 5.75 Å². The molecule has 2 rings (SSSR count). The van der Waals surface area contributed by atoms with E-state index in [0.29, 0.717) is 12.5 Å². The van der Waals surface area contributed by atoms with E-state index in [1.165, 1.54) is 0 Å². The number of sulfonamides is 1. The second-order valence-corrected chi connectivity index (χ2v) is 7.24. The van der Waals surface area contributed by atoms with Crippen LogP contribution in [0.15, 0.2) is 23.1 Å². The Balaban J connectivity index is 2.06. The maximum atomic E-state index is 13.8. The number of carboxylic acid groups (broad SMARTS) is 1. The Morgan fingerprint density at radius 1 is 1.42 bits per heavy atom. The quantitative estimate of drug-likeness (QED) is 0.769. The van der Waals surface area contributed by atoms with E-state index in [1.807, 2.05) is 0 Å². The molecule has 0 saturated heterocycles. The molecule has 134 valence electrons. The van der Waals surface area contributed by atoms with Crippen molar-refractivity contribution < 1.29 is 36.2 Å². The van der Waals surface area contributed by atoms with E-state index in [-0.39, 0.29) is 12.8 Å². The second kappa shape index (κ2) is 6.98. The number of rotatable bonds is 7. The number of hydrogen-bond acceptors (Lipinski definition) is 4. The van der Waals surface area contributed by atoms with Crippen molar-refractivity contribution in [3.8, 4) is 5.75 Å². The maximum Gasteiger partial charge on any atom is 0.341 e. The van der Waals surface area contributed by atoms with Crippen LogP contribution in [0.25, 0.3) is 0 Å². The Bertz CT molecular complexity index is 723. The summed E-state index contributed by atoms with van der Waals surface area (Å²) in [6.07, 6.45) is 0.263. The monoisotopic (exact) mass is 367 g/mol. The standard InChI is InChI=1S/C14H16F3NO5S/c15-11-6-10(3-4-12(11)23-8-13(19)20)24(21,22)18-7-9-2-1-5-14(9,16)17/h3-4,6,9,18H,1-2,5,7-8H2,(H,19,20). The summed E-state index contributed by atoms with van der Waals surface area (Å²) in [6, 6.07) is 2.62. The van der Waals surface area contributed by atoms with Gasteiger partial charge in [0.25, 0.3) is 5.92 Å². The largest absolute Gasteiger partial charge is 0.479 e. The van der Waals surface area contributed by atoms with Crippen molar-refractivity contribution in [1.82, 2.24) is 4.72 Å². The molecule has 1 saturated carbocycles. The zero-order chi connectivity index (χ0) is 18.0. The fourth-order valence-electron chi connectivity index (χ4n) is 2.45. The summed E-state index contributed by atoms with van der Waals surface area (Å²) in [5, 5.41) is 8.45. The first-order valence-corrected chi connectivity index (χ1v) is 8.62. The number of ether oxygens (including phenoxy) is 1. The first kappa shape index (κ1) is 18.5. The first-order chi connectivity index (χ1) is 11.1. The molecule has 6 nitrogen and oxygen atoms in total. The second-order valence-electron chi connectivity index (χ2n) is 5.48. The van der Waals surface area contributed by atoms with Crippen molar-refractivity contribution in [1.29, 1.82) is 0 Å². The summed E-state index contributed by atoms with van der Waals surface area (Å²) >= 11 is 0. The van der Waals surface area contributed by atoms with Gasteiger partial charge >= 0.3 is 5.97 Å². The molecule has 0 radical (unpaired) electrons. The van der Waals surface area contributed by atoms with E-state index >= 15 is 0 Å². The third kappa shape index (κ3) is 4.38. The van der Waals surface area contributed by atoms with Crippen LogP contribution in [0.4, 0.5) is 13.2 Å². The minimum atomic E-state index is -4.16. The van der Waals surface area contributed by atoms with Gasteiger partial charge in [0, 0.05) is 18.9 Å². The molecule has 2 N–H and O–H groups in total. The van der Waals surface area contributed by atoms with Gasteiger partial charge in [-0.2, -0.15) is 0 Å². The lowest BCUT2D eigenvalue weighted by Crippen LogP contribution is -2.35. The summed E-state index contributed by atoms with van der Waals surface area (Å²) in [4.78, 5) is 9.90. The normalized spacial score (nSPS) is 20.0. The molecule has 0 spiro atoms. The van der Waals surface area contributed by atoms with Crippen molar-refractivity contribution >= 4 is 16.0 Å². The number of carboxylic acids is 1. The van der Waals surface area contributed by atoms with Gasteiger partial charge in [0.15, 0.2) is 18.2 Å². The molecule has 1 aromatic rings. The molecule has 0 heterocycles. The van der Waals surface area contributed by atoms with Crippen molar-refractivity contribution in [3.05, 3.63) is 24.0 Å². The molecule has 0 aliphatic heterocycles. The molecule has 0 aromatic heterocycles. The molecule has 1 aliphatic rings. The fraction of sp³-hybridized carbons (Fsp3) is 0.500. The molecular formula is C14H16F3NO5S. The molecule has 1 fully saturated rings. The summed E-state index contributed by atoms with van der Waals surface area (Å²) in [7, 11) is -4.16. The molecule has 1 unspecified atom stereocenters. The number of nitrogens with one attached hydrogen (secondary N) is 1.